The summed E-state index contributed by atoms with van der Waals surface area (Å²) in [6.07, 6.45) is 3.67. The van der Waals surface area contributed by atoms with Gasteiger partial charge in [0.25, 0.3) is 0 Å². The van der Waals surface area contributed by atoms with E-state index in [9.17, 15) is 8.78 Å². The molecule has 1 aromatic carbocycles. The van der Waals surface area contributed by atoms with E-state index in [1.807, 2.05) is 13.0 Å². The molecule has 4 rings (SSSR count). The van der Waals surface area contributed by atoms with Crippen molar-refractivity contribution in [3.8, 4) is 11.3 Å². The first-order chi connectivity index (χ1) is 13.8. The van der Waals surface area contributed by atoms with E-state index >= 15 is 0 Å². The Balaban J connectivity index is 1.93. The molecule has 2 bridgehead atoms. The third kappa shape index (κ3) is 2.61. The van der Waals surface area contributed by atoms with Crippen molar-refractivity contribution in [2.75, 3.05) is 0 Å². The van der Waals surface area contributed by atoms with E-state index in [1.54, 1.807) is 6.07 Å². The number of aliphatic imine (C=N–C) groups is 2. The molecule has 1 fully saturated rings. The Labute approximate surface area is 173 Å². The zero-order valence-electron chi connectivity index (χ0n) is 16.5. The molecule has 1 saturated carbocycles. The van der Waals surface area contributed by atoms with Gasteiger partial charge in [-0.2, -0.15) is 5.10 Å². The van der Waals surface area contributed by atoms with Gasteiger partial charge in [-0.1, -0.05) is 26.0 Å². The summed E-state index contributed by atoms with van der Waals surface area (Å²) in [6, 6.07) is 5.56. The molecular formula is C22H21ClF2N4. The molecule has 0 N–H and O–H groups in total. The molecule has 7 heteroatoms. The second-order valence-corrected chi connectivity index (χ2v) is 8.40. The maximum absolute atomic E-state index is 14.3. The number of amidine groups is 1. The minimum Gasteiger partial charge on any atom is -0.234 e. The Kier molecular flexibility index (Phi) is 4.65. The van der Waals surface area contributed by atoms with Gasteiger partial charge in [0.1, 0.15) is 11.6 Å². The van der Waals surface area contributed by atoms with Crippen LogP contribution < -0.4 is 0 Å². The maximum Gasteiger partial charge on any atom is 0.221 e. The van der Waals surface area contributed by atoms with Crippen LogP contribution in [0.4, 0.5) is 8.78 Å². The van der Waals surface area contributed by atoms with Crippen molar-refractivity contribution in [1.82, 2.24) is 10.2 Å². The highest BCUT2D eigenvalue weighted by Crippen LogP contribution is 2.70. The van der Waals surface area contributed by atoms with Crippen molar-refractivity contribution in [1.29, 1.82) is 0 Å². The van der Waals surface area contributed by atoms with Gasteiger partial charge in [-0.3, -0.25) is 0 Å². The van der Waals surface area contributed by atoms with Crippen molar-refractivity contribution >= 4 is 23.6 Å². The van der Waals surface area contributed by atoms with E-state index in [0.29, 0.717) is 0 Å². The molecule has 0 radical (unpaired) electrons. The number of fused-ring (bicyclic) bond motifs is 5. The predicted molar refractivity (Wildman–Crippen MR) is 111 cm³/mol. The van der Waals surface area contributed by atoms with Crippen LogP contribution in [0.25, 0.3) is 11.3 Å². The van der Waals surface area contributed by atoms with Crippen LogP contribution in [0.5, 0.6) is 0 Å². The van der Waals surface area contributed by atoms with Crippen molar-refractivity contribution in [2.45, 2.75) is 44.9 Å². The SMILES string of the molecule is C=N/C(Cl)=N\C(=C/C)[C@@]12CC[C@@H](c3cc(-c4c(F)cccc4F)nnc31)C2(C)C. The third-order valence-electron chi connectivity index (χ3n) is 6.65. The summed E-state index contributed by atoms with van der Waals surface area (Å²) in [5.74, 6) is -1.14. The van der Waals surface area contributed by atoms with Gasteiger partial charge in [0.2, 0.25) is 5.29 Å². The molecule has 2 aromatic rings. The van der Waals surface area contributed by atoms with Crippen molar-refractivity contribution in [2.24, 2.45) is 15.4 Å². The standard InChI is InChI=1S/C22H21ClF2N4/c1-5-17(27-20(23)26-4)22-10-9-13(21(22,2)3)12-11-16(28-29-19(12)22)18-14(24)7-6-8-15(18)25/h5-8,11,13H,4,9-10H2,1-3H3/b17-5-,27-20-/t13-,22-/m0/s1. The molecule has 2 atom stereocenters. The van der Waals surface area contributed by atoms with Crippen LogP contribution in [0.3, 0.4) is 0 Å². The lowest BCUT2D eigenvalue weighted by Crippen LogP contribution is -2.37. The van der Waals surface area contributed by atoms with Crippen LogP contribution in [0.2, 0.25) is 0 Å². The molecule has 1 heterocycles. The number of halogens is 3. The number of hydrogen-bond acceptors (Lipinski definition) is 3. The van der Waals surface area contributed by atoms with Gasteiger partial charge >= 0.3 is 0 Å². The van der Waals surface area contributed by atoms with E-state index in [2.05, 4.69) is 40.7 Å². The van der Waals surface area contributed by atoms with Gasteiger partial charge in [0.15, 0.2) is 0 Å². The quantitative estimate of drug-likeness (QED) is 0.363. The van der Waals surface area contributed by atoms with Crippen molar-refractivity contribution in [3.63, 3.8) is 0 Å². The topological polar surface area (TPSA) is 50.5 Å². The molecule has 29 heavy (non-hydrogen) atoms. The Hall–Kier alpha value is -2.47. The Morgan fingerprint density at radius 1 is 1.28 bits per heavy atom. The van der Waals surface area contributed by atoms with E-state index in [4.69, 9.17) is 11.6 Å². The van der Waals surface area contributed by atoms with Gasteiger partial charge < -0.3 is 0 Å². The molecule has 2 aliphatic rings. The van der Waals surface area contributed by atoms with Crippen LogP contribution in [0, 0.1) is 17.0 Å². The summed E-state index contributed by atoms with van der Waals surface area (Å²) >= 11 is 6.07. The largest absolute Gasteiger partial charge is 0.234 e. The zero-order valence-corrected chi connectivity index (χ0v) is 17.3. The highest BCUT2D eigenvalue weighted by Gasteiger charge is 2.65. The summed E-state index contributed by atoms with van der Waals surface area (Å²) in [6.45, 7) is 9.68. The molecule has 150 valence electrons. The minimum atomic E-state index is -0.654. The van der Waals surface area contributed by atoms with Gasteiger partial charge in [-0.05, 0) is 73.2 Å². The Morgan fingerprint density at radius 3 is 2.59 bits per heavy atom. The van der Waals surface area contributed by atoms with E-state index in [0.717, 1.165) is 29.8 Å². The first-order valence-electron chi connectivity index (χ1n) is 9.48. The highest BCUT2D eigenvalue weighted by atomic mass is 35.5. The molecule has 0 spiro atoms. The summed E-state index contributed by atoms with van der Waals surface area (Å²) in [5, 5.41) is 8.77. The molecule has 0 unspecified atom stereocenters. The predicted octanol–water partition coefficient (Wildman–Crippen LogP) is 5.78. The normalized spacial score (nSPS) is 25.2. The maximum atomic E-state index is 14.3. The fraction of sp³-hybridized carbons (Fsp3) is 0.364. The molecule has 0 saturated heterocycles. The van der Waals surface area contributed by atoms with Crippen LogP contribution in [-0.2, 0) is 5.41 Å². The number of aromatic nitrogens is 2. The summed E-state index contributed by atoms with van der Waals surface area (Å²) in [5.41, 5.74) is 1.86. The lowest BCUT2D eigenvalue weighted by atomic mass is 9.66. The monoisotopic (exact) mass is 414 g/mol. The van der Waals surface area contributed by atoms with E-state index in [-0.39, 0.29) is 27.9 Å². The molecule has 4 nitrogen and oxygen atoms in total. The second-order valence-electron chi connectivity index (χ2n) is 8.06. The van der Waals surface area contributed by atoms with E-state index < -0.39 is 17.0 Å². The van der Waals surface area contributed by atoms with Gasteiger partial charge in [0.05, 0.1) is 28.1 Å². The number of benzene rings is 1. The van der Waals surface area contributed by atoms with Crippen molar-refractivity contribution in [3.05, 3.63) is 58.9 Å². The van der Waals surface area contributed by atoms with Crippen LogP contribution in [0.1, 0.15) is 50.8 Å². The Bertz CT molecular complexity index is 1060. The molecule has 2 aliphatic carbocycles. The summed E-state index contributed by atoms with van der Waals surface area (Å²) < 4.78 is 28.6. The van der Waals surface area contributed by atoms with Gasteiger partial charge in [-0.25, -0.2) is 18.8 Å². The summed E-state index contributed by atoms with van der Waals surface area (Å²) in [7, 11) is 0. The van der Waals surface area contributed by atoms with Gasteiger partial charge in [-0.15, -0.1) is 5.10 Å². The molecule has 1 aromatic heterocycles. The number of hydrogen-bond donors (Lipinski definition) is 0. The zero-order chi connectivity index (χ0) is 21.0. The van der Waals surface area contributed by atoms with Crippen molar-refractivity contribution < 1.29 is 8.78 Å². The fourth-order valence-corrected chi connectivity index (χ4v) is 5.39. The average Bonchev–Trinajstić information content (AvgIpc) is 3.07. The minimum absolute atomic E-state index is 0.0678. The molecule has 0 amide bonds. The fourth-order valence-electron chi connectivity index (χ4n) is 5.30. The number of rotatable bonds is 3. The lowest BCUT2D eigenvalue weighted by Gasteiger charge is -2.38. The van der Waals surface area contributed by atoms with Crippen LogP contribution in [-0.4, -0.2) is 22.2 Å². The number of allylic oxidation sites excluding steroid dienone is 2. The highest BCUT2D eigenvalue weighted by molar-refractivity contribution is 6.65. The summed E-state index contributed by atoms with van der Waals surface area (Å²) in [4.78, 5) is 8.20. The molecule has 0 aliphatic heterocycles. The van der Waals surface area contributed by atoms with Crippen LogP contribution in [0.15, 0.2) is 46.0 Å². The first kappa shape index (κ1) is 19.8. The van der Waals surface area contributed by atoms with Gasteiger partial charge in [0, 0.05) is 0 Å². The smallest absolute Gasteiger partial charge is 0.221 e. The first-order valence-corrected chi connectivity index (χ1v) is 9.86. The molecular weight excluding hydrogens is 394 g/mol. The lowest BCUT2D eigenvalue weighted by molar-refractivity contribution is 0.241. The van der Waals surface area contributed by atoms with E-state index in [1.165, 1.54) is 18.2 Å². The second kappa shape index (κ2) is 6.80. The Morgan fingerprint density at radius 2 is 1.97 bits per heavy atom. The number of nitrogens with zero attached hydrogens (tertiary/aromatic N) is 4. The average molecular weight is 415 g/mol. The third-order valence-corrected chi connectivity index (χ3v) is 6.86. The van der Waals surface area contributed by atoms with Crippen LogP contribution >= 0.6 is 11.6 Å².